The van der Waals surface area contributed by atoms with Gasteiger partial charge >= 0.3 is 0 Å². The minimum absolute atomic E-state index is 1.22. The third-order valence-corrected chi connectivity index (χ3v) is 2.73. The number of hydrogen-bond donors (Lipinski definition) is 0. The van der Waals surface area contributed by atoms with Crippen molar-refractivity contribution in [1.29, 1.82) is 0 Å². The zero-order chi connectivity index (χ0) is 8.10. The van der Waals surface area contributed by atoms with Crippen molar-refractivity contribution in [3.8, 4) is 0 Å². The van der Waals surface area contributed by atoms with Crippen LogP contribution in [0.15, 0.2) is 34.1 Å². The fourth-order valence-corrected chi connectivity index (χ4v) is 1.65. The van der Waals surface area contributed by atoms with Crippen molar-refractivity contribution >= 4 is 11.8 Å². The van der Waals surface area contributed by atoms with Crippen LogP contribution < -0.4 is 0 Å². The van der Waals surface area contributed by atoms with Gasteiger partial charge < -0.3 is 0 Å². The molecule has 0 spiro atoms. The molecule has 0 N–H and O–H groups in total. The Morgan fingerprint density at radius 1 is 1.36 bits per heavy atom. The molecule has 60 valence electrons. The van der Waals surface area contributed by atoms with Crippen LogP contribution in [0.2, 0.25) is 0 Å². The highest BCUT2D eigenvalue weighted by Gasteiger charge is 2.00. The van der Waals surface area contributed by atoms with Crippen molar-refractivity contribution in [2.24, 2.45) is 0 Å². The summed E-state index contributed by atoms with van der Waals surface area (Å²) in [6, 6.07) is 0. The summed E-state index contributed by atoms with van der Waals surface area (Å²) in [4.78, 5) is 1.48. The normalized spacial score (nSPS) is 18.4. The van der Waals surface area contributed by atoms with Crippen LogP contribution in [-0.2, 0) is 0 Å². The fraction of sp³-hybridized carbons (Fsp3) is 0.400. The van der Waals surface area contributed by atoms with Gasteiger partial charge in [-0.2, -0.15) is 0 Å². The zero-order valence-electron chi connectivity index (χ0n) is 7.13. The van der Waals surface area contributed by atoms with Crippen molar-refractivity contribution in [2.75, 3.05) is 0 Å². The van der Waals surface area contributed by atoms with Gasteiger partial charge in [-0.1, -0.05) is 23.8 Å². The lowest BCUT2D eigenvalue weighted by Gasteiger charge is -2.08. The highest BCUT2D eigenvalue weighted by Crippen LogP contribution is 2.27. The molecule has 0 nitrogen and oxygen atoms in total. The summed E-state index contributed by atoms with van der Waals surface area (Å²) in [6.07, 6.45) is 8.98. The molecule has 1 aliphatic carbocycles. The Hall–Kier alpha value is -0.430. The second kappa shape index (κ2) is 4.45. The SMILES string of the molecule is C/C=C/SC1=CC=C(C)CC1. The second-order valence-electron chi connectivity index (χ2n) is 2.73. The maximum absolute atomic E-state index is 2.23. The number of rotatable bonds is 2. The molecule has 0 heterocycles. The highest BCUT2D eigenvalue weighted by atomic mass is 32.2. The van der Waals surface area contributed by atoms with Crippen LogP contribution in [0.25, 0.3) is 0 Å². The van der Waals surface area contributed by atoms with E-state index in [2.05, 4.69) is 37.5 Å². The molecule has 0 aromatic rings. The summed E-state index contributed by atoms with van der Waals surface area (Å²) < 4.78 is 0. The molecule has 1 heteroatoms. The van der Waals surface area contributed by atoms with Crippen LogP contribution in [0.3, 0.4) is 0 Å². The van der Waals surface area contributed by atoms with Crippen molar-refractivity contribution in [3.05, 3.63) is 34.1 Å². The van der Waals surface area contributed by atoms with E-state index in [9.17, 15) is 0 Å². The molecule has 0 aliphatic heterocycles. The first-order valence-electron chi connectivity index (χ1n) is 3.97. The standard InChI is InChI=1S/C10H14S/c1-3-8-11-10-6-4-9(2)5-7-10/h3-4,6,8H,5,7H2,1-2H3/b8-3+. The average Bonchev–Trinajstić information content (AvgIpc) is 2.04. The molecule has 11 heavy (non-hydrogen) atoms. The van der Waals surface area contributed by atoms with E-state index in [0.717, 1.165) is 0 Å². The lowest BCUT2D eigenvalue weighted by molar-refractivity contribution is 0.950. The lowest BCUT2D eigenvalue weighted by atomic mass is 10.1. The molecular formula is C10H14S. The molecule has 1 rings (SSSR count). The van der Waals surface area contributed by atoms with E-state index in [1.54, 1.807) is 0 Å². The lowest BCUT2D eigenvalue weighted by Crippen LogP contribution is -1.85. The topological polar surface area (TPSA) is 0 Å². The average molecular weight is 166 g/mol. The summed E-state index contributed by atoms with van der Waals surface area (Å²) in [6.45, 7) is 4.24. The van der Waals surface area contributed by atoms with Crippen LogP contribution in [0.4, 0.5) is 0 Å². The Morgan fingerprint density at radius 3 is 2.73 bits per heavy atom. The Balaban J connectivity index is 2.47. The number of hydrogen-bond acceptors (Lipinski definition) is 1. The third-order valence-electron chi connectivity index (χ3n) is 1.67. The molecule has 0 unspecified atom stereocenters. The first-order chi connectivity index (χ1) is 5.33. The van der Waals surface area contributed by atoms with Crippen LogP contribution in [0, 0.1) is 0 Å². The molecular weight excluding hydrogens is 152 g/mol. The van der Waals surface area contributed by atoms with Crippen molar-refractivity contribution < 1.29 is 0 Å². The molecule has 0 saturated heterocycles. The van der Waals surface area contributed by atoms with Crippen molar-refractivity contribution in [2.45, 2.75) is 26.7 Å². The summed E-state index contributed by atoms with van der Waals surface area (Å²) in [5, 5.41) is 2.14. The Labute approximate surface area is 73.1 Å². The minimum Gasteiger partial charge on any atom is -0.103 e. The largest absolute Gasteiger partial charge is 0.103 e. The van der Waals surface area contributed by atoms with Crippen LogP contribution in [0.1, 0.15) is 26.7 Å². The summed E-state index contributed by atoms with van der Waals surface area (Å²) >= 11 is 1.84. The predicted molar refractivity (Wildman–Crippen MR) is 53.5 cm³/mol. The molecule has 0 radical (unpaired) electrons. The first-order valence-corrected chi connectivity index (χ1v) is 4.85. The molecule has 0 amide bonds. The fourth-order valence-electron chi connectivity index (χ4n) is 0.976. The quantitative estimate of drug-likeness (QED) is 0.600. The van der Waals surface area contributed by atoms with E-state index in [1.165, 1.54) is 23.3 Å². The van der Waals surface area contributed by atoms with Gasteiger partial charge in [-0.25, -0.2) is 0 Å². The van der Waals surface area contributed by atoms with E-state index in [1.807, 2.05) is 11.8 Å². The van der Waals surface area contributed by atoms with Gasteiger partial charge in [-0.15, -0.1) is 11.8 Å². The van der Waals surface area contributed by atoms with E-state index in [0.29, 0.717) is 0 Å². The maximum atomic E-state index is 2.23. The van der Waals surface area contributed by atoms with Gasteiger partial charge in [0.25, 0.3) is 0 Å². The summed E-state index contributed by atoms with van der Waals surface area (Å²) in [5.74, 6) is 0. The Morgan fingerprint density at radius 2 is 2.18 bits per heavy atom. The summed E-state index contributed by atoms with van der Waals surface area (Å²) in [5.41, 5.74) is 1.50. The Kier molecular flexibility index (Phi) is 3.50. The Bertz CT molecular complexity index is 209. The third kappa shape index (κ3) is 2.98. The predicted octanol–water partition coefficient (Wildman–Crippen LogP) is 3.88. The number of thioether (sulfide) groups is 1. The maximum Gasteiger partial charge on any atom is -0.0105 e. The van der Waals surface area contributed by atoms with E-state index in [4.69, 9.17) is 0 Å². The van der Waals surface area contributed by atoms with Gasteiger partial charge in [0.15, 0.2) is 0 Å². The van der Waals surface area contributed by atoms with Crippen LogP contribution in [-0.4, -0.2) is 0 Å². The van der Waals surface area contributed by atoms with Crippen molar-refractivity contribution in [3.63, 3.8) is 0 Å². The van der Waals surface area contributed by atoms with Gasteiger partial charge in [-0.05, 0) is 37.0 Å². The van der Waals surface area contributed by atoms with Gasteiger partial charge in [0, 0.05) is 0 Å². The smallest absolute Gasteiger partial charge is 0.0105 e. The number of allylic oxidation sites excluding steroid dienone is 5. The molecule has 0 saturated carbocycles. The van der Waals surface area contributed by atoms with Gasteiger partial charge in [0.05, 0.1) is 0 Å². The molecule has 0 atom stereocenters. The van der Waals surface area contributed by atoms with Crippen LogP contribution in [0.5, 0.6) is 0 Å². The molecule has 0 bridgehead atoms. The van der Waals surface area contributed by atoms with Crippen molar-refractivity contribution in [1.82, 2.24) is 0 Å². The van der Waals surface area contributed by atoms with E-state index < -0.39 is 0 Å². The zero-order valence-corrected chi connectivity index (χ0v) is 7.95. The molecule has 0 fully saturated rings. The van der Waals surface area contributed by atoms with E-state index in [-0.39, 0.29) is 0 Å². The second-order valence-corrected chi connectivity index (χ2v) is 3.77. The van der Waals surface area contributed by atoms with Gasteiger partial charge in [0.2, 0.25) is 0 Å². The molecule has 0 aromatic heterocycles. The van der Waals surface area contributed by atoms with Gasteiger partial charge in [0.1, 0.15) is 0 Å². The monoisotopic (exact) mass is 166 g/mol. The molecule has 0 aromatic carbocycles. The minimum atomic E-state index is 1.22. The van der Waals surface area contributed by atoms with E-state index >= 15 is 0 Å². The summed E-state index contributed by atoms with van der Waals surface area (Å²) in [7, 11) is 0. The van der Waals surface area contributed by atoms with Crippen LogP contribution >= 0.6 is 11.8 Å². The van der Waals surface area contributed by atoms with Gasteiger partial charge in [-0.3, -0.25) is 0 Å². The first kappa shape index (κ1) is 8.66. The highest BCUT2D eigenvalue weighted by molar-refractivity contribution is 8.05. The molecule has 1 aliphatic rings.